The van der Waals surface area contributed by atoms with E-state index in [1.165, 1.54) is 7.11 Å². The third-order valence-electron chi connectivity index (χ3n) is 5.10. The summed E-state index contributed by atoms with van der Waals surface area (Å²) in [6, 6.07) is 0.467. The second-order valence-electron chi connectivity index (χ2n) is 7.07. The normalized spacial score (nSPS) is 23.9. The number of esters is 1. The number of ether oxygens (including phenoxy) is 1. The number of thioether (sulfide) groups is 1. The number of hydrogen-bond donors (Lipinski definition) is 2. The molecule has 26 heavy (non-hydrogen) atoms. The molecule has 8 heteroatoms. The van der Waals surface area contributed by atoms with Gasteiger partial charge in [0.05, 0.1) is 19.2 Å². The molecule has 7 nitrogen and oxygen atoms in total. The zero-order valence-corrected chi connectivity index (χ0v) is 16.6. The monoisotopic (exact) mass is 385 g/mol. The smallest absolute Gasteiger partial charge is 0.315 e. The number of nitrogens with zero attached hydrogens (tertiary/aromatic N) is 1. The Kier molecular flexibility index (Phi) is 8.54. The quantitative estimate of drug-likeness (QED) is 0.322. The molecule has 0 bridgehead atoms. The summed E-state index contributed by atoms with van der Waals surface area (Å²) in [6.07, 6.45) is 6.61. The van der Waals surface area contributed by atoms with E-state index < -0.39 is 0 Å². The van der Waals surface area contributed by atoms with Gasteiger partial charge in [-0.3, -0.25) is 9.59 Å². The first-order chi connectivity index (χ1) is 12.5. The summed E-state index contributed by atoms with van der Waals surface area (Å²) >= 11 is 1.92. The first kappa shape index (κ1) is 20.9. The Morgan fingerprint density at radius 3 is 2.69 bits per heavy atom. The zero-order chi connectivity index (χ0) is 18.9. The van der Waals surface area contributed by atoms with E-state index in [4.69, 9.17) is 0 Å². The van der Waals surface area contributed by atoms with Crippen LogP contribution in [-0.2, 0) is 14.3 Å². The molecule has 3 atom stereocenters. The fourth-order valence-electron chi connectivity index (χ4n) is 3.48. The molecule has 2 aliphatic rings. The maximum Gasteiger partial charge on any atom is 0.315 e. The standard InChI is InChI=1S/C18H31N3O4S/c1-21(11-7-3-4-10-16(23)25-2)15(22)9-6-5-8-14-17-13(12-26-14)19-18(24)20-17/h13-14,17H,3-12H2,1-2H3,(H2,19,20,24)/t13-,14-,17-/m0/s1. The minimum Gasteiger partial charge on any atom is -0.469 e. The lowest BCUT2D eigenvalue weighted by Gasteiger charge is -2.18. The van der Waals surface area contributed by atoms with Crippen LogP contribution in [0.25, 0.3) is 0 Å². The van der Waals surface area contributed by atoms with E-state index in [0.717, 1.165) is 50.8 Å². The van der Waals surface area contributed by atoms with Crippen molar-refractivity contribution in [1.29, 1.82) is 0 Å². The molecule has 2 aliphatic heterocycles. The van der Waals surface area contributed by atoms with Crippen LogP contribution in [0.4, 0.5) is 4.79 Å². The van der Waals surface area contributed by atoms with Gasteiger partial charge in [-0.2, -0.15) is 11.8 Å². The first-order valence-electron chi connectivity index (χ1n) is 9.50. The zero-order valence-electron chi connectivity index (χ0n) is 15.8. The molecule has 2 rings (SSSR count). The molecular weight excluding hydrogens is 354 g/mol. The molecule has 0 spiro atoms. The van der Waals surface area contributed by atoms with Crippen molar-refractivity contribution in [2.24, 2.45) is 0 Å². The Balaban J connectivity index is 1.50. The summed E-state index contributed by atoms with van der Waals surface area (Å²) in [5.41, 5.74) is 0. The minimum atomic E-state index is -0.172. The summed E-state index contributed by atoms with van der Waals surface area (Å²) in [5, 5.41) is 6.41. The second kappa shape index (κ2) is 10.6. The Hall–Kier alpha value is -1.44. The molecule has 0 saturated carbocycles. The predicted molar refractivity (Wildman–Crippen MR) is 102 cm³/mol. The van der Waals surface area contributed by atoms with E-state index >= 15 is 0 Å². The highest BCUT2D eigenvalue weighted by atomic mass is 32.2. The highest BCUT2D eigenvalue weighted by Gasteiger charge is 2.42. The molecule has 0 unspecified atom stereocenters. The Labute approximate surface area is 160 Å². The molecule has 2 fully saturated rings. The van der Waals surface area contributed by atoms with E-state index in [2.05, 4.69) is 15.4 Å². The van der Waals surface area contributed by atoms with Gasteiger partial charge in [0.1, 0.15) is 0 Å². The summed E-state index contributed by atoms with van der Waals surface area (Å²) < 4.78 is 4.61. The van der Waals surface area contributed by atoms with E-state index in [9.17, 15) is 14.4 Å². The van der Waals surface area contributed by atoms with Gasteiger partial charge >= 0.3 is 12.0 Å². The van der Waals surface area contributed by atoms with E-state index in [1.807, 2.05) is 18.8 Å². The number of amides is 3. The van der Waals surface area contributed by atoms with E-state index in [-0.39, 0.29) is 30.0 Å². The van der Waals surface area contributed by atoms with Crippen LogP contribution in [0.2, 0.25) is 0 Å². The molecule has 3 amide bonds. The van der Waals surface area contributed by atoms with Crippen molar-refractivity contribution in [2.75, 3.05) is 26.5 Å². The van der Waals surface area contributed by atoms with Crippen molar-refractivity contribution in [2.45, 2.75) is 68.7 Å². The molecule has 2 heterocycles. The van der Waals surface area contributed by atoms with Gasteiger partial charge in [0.2, 0.25) is 5.91 Å². The molecule has 2 saturated heterocycles. The second-order valence-corrected chi connectivity index (χ2v) is 8.34. The summed E-state index contributed by atoms with van der Waals surface area (Å²) in [5.74, 6) is 0.992. The average Bonchev–Trinajstić information content (AvgIpc) is 3.17. The number of carbonyl (C=O) groups excluding carboxylic acids is 3. The number of methoxy groups -OCH3 is 1. The van der Waals surface area contributed by atoms with Crippen LogP contribution >= 0.6 is 11.8 Å². The van der Waals surface area contributed by atoms with Crippen LogP contribution in [0.3, 0.4) is 0 Å². The van der Waals surface area contributed by atoms with E-state index in [1.54, 1.807) is 4.90 Å². The largest absolute Gasteiger partial charge is 0.469 e. The van der Waals surface area contributed by atoms with Crippen molar-refractivity contribution >= 4 is 29.7 Å². The molecule has 0 aromatic carbocycles. The lowest BCUT2D eigenvalue weighted by Crippen LogP contribution is -2.36. The van der Waals surface area contributed by atoms with Crippen LogP contribution in [0, 0.1) is 0 Å². The maximum atomic E-state index is 12.2. The third kappa shape index (κ3) is 6.37. The lowest BCUT2D eigenvalue weighted by atomic mass is 10.0. The van der Waals surface area contributed by atoms with Crippen LogP contribution in [0.15, 0.2) is 0 Å². The molecule has 0 aromatic rings. The number of carbonyl (C=O) groups is 3. The Morgan fingerprint density at radius 2 is 1.92 bits per heavy atom. The van der Waals surface area contributed by atoms with Gasteiger partial charge in [-0.15, -0.1) is 0 Å². The van der Waals surface area contributed by atoms with Crippen molar-refractivity contribution in [3.05, 3.63) is 0 Å². The fraction of sp³-hybridized carbons (Fsp3) is 0.833. The highest BCUT2D eigenvalue weighted by Crippen LogP contribution is 2.33. The van der Waals surface area contributed by atoms with Crippen molar-refractivity contribution in [3.63, 3.8) is 0 Å². The number of nitrogens with one attached hydrogen (secondary N) is 2. The predicted octanol–water partition coefficient (Wildman–Crippen LogP) is 1.90. The topological polar surface area (TPSA) is 87.7 Å². The number of unbranched alkanes of at least 4 members (excludes halogenated alkanes) is 3. The van der Waals surface area contributed by atoms with Gasteiger partial charge in [-0.05, 0) is 25.7 Å². The molecule has 0 aromatic heterocycles. The van der Waals surface area contributed by atoms with Gasteiger partial charge in [-0.1, -0.05) is 12.8 Å². The number of urea groups is 1. The van der Waals surface area contributed by atoms with Crippen molar-refractivity contribution in [3.8, 4) is 0 Å². The Morgan fingerprint density at radius 1 is 1.15 bits per heavy atom. The number of hydrogen-bond acceptors (Lipinski definition) is 5. The van der Waals surface area contributed by atoms with Crippen LogP contribution in [0.5, 0.6) is 0 Å². The minimum absolute atomic E-state index is 0.0475. The summed E-state index contributed by atoms with van der Waals surface area (Å²) in [7, 11) is 3.25. The van der Waals surface area contributed by atoms with Crippen molar-refractivity contribution < 1.29 is 19.1 Å². The van der Waals surface area contributed by atoms with Gasteiger partial charge in [0, 0.05) is 37.4 Å². The molecule has 2 N–H and O–H groups in total. The van der Waals surface area contributed by atoms with Crippen LogP contribution in [-0.4, -0.2) is 66.6 Å². The highest BCUT2D eigenvalue weighted by molar-refractivity contribution is 8.00. The molecule has 148 valence electrons. The SMILES string of the molecule is COC(=O)CCCCCN(C)C(=O)CCCC[C@@H]1SC[C@@H]2NC(=O)N[C@@H]21. The van der Waals surface area contributed by atoms with E-state index in [0.29, 0.717) is 18.1 Å². The molecule has 0 radical (unpaired) electrons. The summed E-state index contributed by atoms with van der Waals surface area (Å²) in [6.45, 7) is 0.736. The Bertz CT molecular complexity index is 503. The van der Waals surface area contributed by atoms with Gasteiger partial charge in [-0.25, -0.2) is 4.79 Å². The van der Waals surface area contributed by atoms with Gasteiger partial charge in [0.15, 0.2) is 0 Å². The van der Waals surface area contributed by atoms with Crippen LogP contribution < -0.4 is 10.6 Å². The lowest BCUT2D eigenvalue weighted by molar-refractivity contribution is -0.140. The third-order valence-corrected chi connectivity index (χ3v) is 6.60. The van der Waals surface area contributed by atoms with Gasteiger partial charge < -0.3 is 20.3 Å². The number of rotatable bonds is 11. The average molecular weight is 386 g/mol. The maximum absolute atomic E-state index is 12.2. The summed E-state index contributed by atoms with van der Waals surface area (Å²) in [4.78, 5) is 36.3. The van der Waals surface area contributed by atoms with Crippen molar-refractivity contribution in [1.82, 2.24) is 15.5 Å². The fourth-order valence-corrected chi connectivity index (χ4v) is 5.02. The van der Waals surface area contributed by atoms with Gasteiger partial charge in [0.25, 0.3) is 0 Å². The van der Waals surface area contributed by atoms with Crippen LogP contribution in [0.1, 0.15) is 51.4 Å². The first-order valence-corrected chi connectivity index (χ1v) is 10.6. The molecule has 0 aliphatic carbocycles. The number of fused-ring (bicyclic) bond motifs is 1. The molecular formula is C18H31N3O4S.